The highest BCUT2D eigenvalue weighted by Crippen LogP contribution is 2.30. The molecule has 0 saturated carbocycles. The Hall–Kier alpha value is -3.15. The second-order valence-corrected chi connectivity index (χ2v) is 4.92. The van der Waals surface area contributed by atoms with Crippen LogP contribution in [0.2, 0.25) is 0 Å². The van der Waals surface area contributed by atoms with Gasteiger partial charge in [-0.25, -0.2) is 4.98 Å². The molecular formula is C17H16N4O2. The third kappa shape index (κ3) is 3.06. The average Bonchev–Trinajstić information content (AvgIpc) is 3.04. The molecule has 23 heavy (non-hydrogen) atoms. The number of ether oxygens (including phenoxy) is 1. The number of hydrogen-bond donors (Lipinski definition) is 1. The molecule has 0 bridgehead atoms. The Morgan fingerprint density at radius 3 is 2.65 bits per heavy atom. The highest BCUT2D eigenvalue weighted by Gasteiger charge is 2.13. The monoisotopic (exact) mass is 308 g/mol. The van der Waals surface area contributed by atoms with E-state index in [0.29, 0.717) is 11.4 Å². The quantitative estimate of drug-likeness (QED) is 0.804. The van der Waals surface area contributed by atoms with Crippen molar-refractivity contribution in [2.45, 2.75) is 6.92 Å². The molecule has 6 heteroatoms. The van der Waals surface area contributed by atoms with Crippen LogP contribution >= 0.6 is 0 Å². The van der Waals surface area contributed by atoms with Crippen LogP contribution in [0.3, 0.4) is 0 Å². The molecule has 116 valence electrons. The number of imidazole rings is 1. The lowest BCUT2D eigenvalue weighted by Crippen LogP contribution is -2.07. The Bertz CT molecular complexity index is 828. The van der Waals surface area contributed by atoms with Crippen LogP contribution in [-0.2, 0) is 4.79 Å². The molecule has 3 rings (SSSR count). The molecule has 0 spiro atoms. The number of amides is 1. The second-order valence-electron chi connectivity index (χ2n) is 4.92. The third-order valence-corrected chi connectivity index (χ3v) is 3.34. The number of aromatic nitrogens is 3. The van der Waals surface area contributed by atoms with Gasteiger partial charge >= 0.3 is 0 Å². The number of nitrogens with zero attached hydrogens (tertiary/aromatic N) is 3. The Balaban J connectivity index is 2.11. The van der Waals surface area contributed by atoms with E-state index in [1.807, 2.05) is 35.0 Å². The highest BCUT2D eigenvalue weighted by atomic mass is 16.5. The van der Waals surface area contributed by atoms with Crippen LogP contribution in [0.15, 0.2) is 55.1 Å². The molecular weight excluding hydrogens is 292 g/mol. The zero-order valence-electron chi connectivity index (χ0n) is 12.9. The maximum atomic E-state index is 11.3. The summed E-state index contributed by atoms with van der Waals surface area (Å²) in [5.41, 5.74) is 2.43. The number of methoxy groups -OCH3 is 1. The van der Waals surface area contributed by atoms with Crippen molar-refractivity contribution < 1.29 is 9.53 Å². The highest BCUT2D eigenvalue weighted by molar-refractivity contribution is 5.89. The zero-order valence-corrected chi connectivity index (χ0v) is 12.9. The Labute approximate surface area is 133 Å². The molecule has 1 N–H and O–H groups in total. The van der Waals surface area contributed by atoms with Gasteiger partial charge in [-0.1, -0.05) is 0 Å². The molecule has 2 aromatic heterocycles. The van der Waals surface area contributed by atoms with Crippen molar-refractivity contribution in [1.29, 1.82) is 0 Å². The van der Waals surface area contributed by atoms with Crippen molar-refractivity contribution >= 4 is 11.6 Å². The number of carbonyl (C=O) groups is 1. The van der Waals surface area contributed by atoms with Gasteiger partial charge in [0.15, 0.2) is 0 Å². The van der Waals surface area contributed by atoms with Gasteiger partial charge in [0.1, 0.15) is 11.6 Å². The standard InChI is InChI=1S/C17H16N4O2/c1-12(22)20-14-3-4-16(23-2)15(11-14)21-10-9-19-17(21)13-5-7-18-8-6-13/h3-11H,1-2H3,(H,20,22). The summed E-state index contributed by atoms with van der Waals surface area (Å²) in [6.07, 6.45) is 7.02. The molecule has 0 atom stereocenters. The van der Waals surface area contributed by atoms with E-state index in [4.69, 9.17) is 4.74 Å². The Morgan fingerprint density at radius 2 is 1.96 bits per heavy atom. The van der Waals surface area contributed by atoms with Crippen molar-refractivity contribution in [3.63, 3.8) is 0 Å². The van der Waals surface area contributed by atoms with Crippen LogP contribution in [0.4, 0.5) is 5.69 Å². The molecule has 0 aliphatic carbocycles. The number of benzene rings is 1. The van der Waals surface area contributed by atoms with Crippen molar-refractivity contribution in [2.75, 3.05) is 12.4 Å². The number of hydrogen-bond acceptors (Lipinski definition) is 4. The first-order valence-electron chi connectivity index (χ1n) is 7.09. The van der Waals surface area contributed by atoms with Crippen molar-refractivity contribution in [3.05, 3.63) is 55.1 Å². The van der Waals surface area contributed by atoms with Crippen LogP contribution in [0, 0.1) is 0 Å². The molecule has 0 aliphatic heterocycles. The van der Waals surface area contributed by atoms with E-state index in [9.17, 15) is 4.79 Å². The molecule has 0 aliphatic rings. The number of nitrogens with one attached hydrogen (secondary N) is 1. The minimum atomic E-state index is -0.124. The molecule has 0 radical (unpaired) electrons. The van der Waals surface area contributed by atoms with E-state index in [-0.39, 0.29) is 5.91 Å². The summed E-state index contributed by atoms with van der Waals surface area (Å²) in [6, 6.07) is 9.25. The van der Waals surface area contributed by atoms with Gasteiger partial charge in [0.25, 0.3) is 0 Å². The lowest BCUT2D eigenvalue weighted by atomic mass is 10.2. The second kappa shape index (κ2) is 6.31. The van der Waals surface area contributed by atoms with Crippen molar-refractivity contribution in [1.82, 2.24) is 14.5 Å². The summed E-state index contributed by atoms with van der Waals surface area (Å²) in [6.45, 7) is 1.48. The fourth-order valence-electron chi connectivity index (χ4n) is 2.37. The summed E-state index contributed by atoms with van der Waals surface area (Å²) in [7, 11) is 1.61. The van der Waals surface area contributed by atoms with Crippen LogP contribution < -0.4 is 10.1 Å². The number of rotatable bonds is 4. The molecule has 6 nitrogen and oxygen atoms in total. The van der Waals surface area contributed by atoms with Gasteiger partial charge in [-0.15, -0.1) is 0 Å². The number of pyridine rings is 1. The minimum Gasteiger partial charge on any atom is -0.495 e. The molecule has 2 heterocycles. The van der Waals surface area contributed by atoms with Crippen LogP contribution in [0.5, 0.6) is 5.75 Å². The largest absolute Gasteiger partial charge is 0.495 e. The number of carbonyl (C=O) groups excluding carboxylic acids is 1. The van der Waals surface area contributed by atoms with E-state index in [0.717, 1.165) is 17.1 Å². The first-order chi connectivity index (χ1) is 11.2. The van der Waals surface area contributed by atoms with E-state index >= 15 is 0 Å². The summed E-state index contributed by atoms with van der Waals surface area (Å²) < 4.78 is 7.36. The Kier molecular flexibility index (Phi) is 4.05. The first kappa shape index (κ1) is 14.8. The van der Waals surface area contributed by atoms with E-state index in [1.165, 1.54) is 6.92 Å². The van der Waals surface area contributed by atoms with Crippen LogP contribution in [-0.4, -0.2) is 27.6 Å². The predicted octanol–water partition coefficient (Wildman–Crippen LogP) is 2.90. The van der Waals surface area contributed by atoms with Gasteiger partial charge in [-0.3, -0.25) is 14.3 Å². The van der Waals surface area contributed by atoms with Crippen molar-refractivity contribution in [2.24, 2.45) is 0 Å². The fraction of sp³-hybridized carbons (Fsp3) is 0.118. The predicted molar refractivity (Wildman–Crippen MR) is 87.7 cm³/mol. The molecule has 1 aromatic carbocycles. The molecule has 0 saturated heterocycles. The summed E-state index contributed by atoms with van der Waals surface area (Å²) in [5.74, 6) is 1.33. The smallest absolute Gasteiger partial charge is 0.221 e. The average molecular weight is 308 g/mol. The van der Waals surface area contributed by atoms with Crippen LogP contribution in [0.1, 0.15) is 6.92 Å². The minimum absolute atomic E-state index is 0.124. The normalized spacial score (nSPS) is 10.3. The third-order valence-electron chi connectivity index (χ3n) is 3.34. The van der Waals surface area contributed by atoms with Gasteiger partial charge in [0.2, 0.25) is 5.91 Å². The van der Waals surface area contributed by atoms with Gasteiger partial charge in [-0.05, 0) is 30.3 Å². The topological polar surface area (TPSA) is 69.0 Å². The summed E-state index contributed by atoms with van der Waals surface area (Å²) in [5, 5.41) is 2.78. The SMILES string of the molecule is COc1ccc(NC(C)=O)cc1-n1ccnc1-c1ccncc1. The lowest BCUT2D eigenvalue weighted by Gasteiger charge is -2.14. The maximum Gasteiger partial charge on any atom is 0.221 e. The fourth-order valence-corrected chi connectivity index (χ4v) is 2.37. The van der Waals surface area contributed by atoms with E-state index < -0.39 is 0 Å². The molecule has 0 unspecified atom stereocenters. The van der Waals surface area contributed by atoms with Gasteiger partial charge in [0.05, 0.1) is 12.8 Å². The zero-order chi connectivity index (χ0) is 16.2. The van der Waals surface area contributed by atoms with E-state index in [2.05, 4.69) is 15.3 Å². The molecule has 0 fully saturated rings. The van der Waals surface area contributed by atoms with Gasteiger partial charge in [0, 0.05) is 43.0 Å². The van der Waals surface area contributed by atoms with Crippen molar-refractivity contribution in [3.8, 4) is 22.8 Å². The van der Waals surface area contributed by atoms with Gasteiger partial charge in [-0.2, -0.15) is 0 Å². The summed E-state index contributed by atoms with van der Waals surface area (Å²) >= 11 is 0. The van der Waals surface area contributed by atoms with Gasteiger partial charge < -0.3 is 10.1 Å². The lowest BCUT2D eigenvalue weighted by molar-refractivity contribution is -0.114. The molecule has 3 aromatic rings. The maximum absolute atomic E-state index is 11.3. The first-order valence-corrected chi connectivity index (χ1v) is 7.09. The molecule has 1 amide bonds. The Morgan fingerprint density at radius 1 is 1.17 bits per heavy atom. The van der Waals surface area contributed by atoms with Crippen LogP contribution in [0.25, 0.3) is 17.1 Å². The van der Waals surface area contributed by atoms with E-state index in [1.54, 1.807) is 31.8 Å². The summed E-state index contributed by atoms with van der Waals surface area (Å²) in [4.78, 5) is 19.7. The number of anilines is 1.